The summed E-state index contributed by atoms with van der Waals surface area (Å²) in [4.78, 5) is 10.1. The van der Waals surface area contributed by atoms with Crippen LogP contribution in [0, 0.1) is 0 Å². The zero-order valence-corrected chi connectivity index (χ0v) is 20.8. The predicted octanol–water partition coefficient (Wildman–Crippen LogP) is 6.48. The fourth-order valence-electron chi connectivity index (χ4n) is 5.19. The third-order valence-corrected chi connectivity index (χ3v) is 7.11. The first-order valence-corrected chi connectivity index (χ1v) is 12.4. The number of rotatable bonds is 5. The normalized spacial score (nSPS) is 15.1. The molecule has 0 bridgehead atoms. The van der Waals surface area contributed by atoms with E-state index in [0.29, 0.717) is 40.8 Å². The second kappa shape index (κ2) is 9.51. The first-order valence-electron chi connectivity index (χ1n) is 12.4. The van der Waals surface area contributed by atoms with E-state index in [9.17, 15) is 22.0 Å². The monoisotopic (exact) mass is 541 g/mol. The number of para-hydroxylation sites is 2. The first kappa shape index (κ1) is 25.1. The van der Waals surface area contributed by atoms with Gasteiger partial charge in [-0.25, -0.2) is 4.98 Å². The Hall–Kier alpha value is -4.22. The van der Waals surface area contributed by atoms with Crippen molar-refractivity contribution in [2.45, 2.75) is 31.6 Å². The lowest BCUT2D eigenvalue weighted by molar-refractivity contribution is -0.137. The van der Waals surface area contributed by atoms with Crippen molar-refractivity contribution in [3.63, 3.8) is 0 Å². The Kier molecular flexibility index (Phi) is 6.12. The van der Waals surface area contributed by atoms with Gasteiger partial charge in [-0.15, -0.1) is 0 Å². The number of imidazole rings is 1. The number of hydrogen-bond acceptors (Lipinski definition) is 5. The molecule has 0 spiro atoms. The van der Waals surface area contributed by atoms with Gasteiger partial charge in [0.2, 0.25) is 5.95 Å². The van der Waals surface area contributed by atoms with Crippen LogP contribution >= 0.6 is 0 Å². The lowest BCUT2D eigenvalue weighted by atomic mass is 10.0. The molecule has 0 unspecified atom stereocenters. The van der Waals surface area contributed by atoms with E-state index in [1.807, 2.05) is 23.1 Å². The summed E-state index contributed by atoms with van der Waals surface area (Å²) in [7, 11) is 1.74. The number of piperidine rings is 1. The van der Waals surface area contributed by atoms with Gasteiger partial charge in [-0.1, -0.05) is 12.1 Å². The maximum absolute atomic E-state index is 13.9. The van der Waals surface area contributed by atoms with Crippen LogP contribution in [-0.4, -0.2) is 43.4 Å². The van der Waals surface area contributed by atoms with E-state index in [1.165, 1.54) is 6.20 Å². The van der Waals surface area contributed by atoms with Crippen LogP contribution in [-0.2, 0) is 13.2 Å². The van der Waals surface area contributed by atoms with Gasteiger partial charge in [0.25, 0.3) is 0 Å². The highest BCUT2D eigenvalue weighted by molar-refractivity contribution is 5.95. The van der Waals surface area contributed by atoms with E-state index in [4.69, 9.17) is 0 Å². The molecule has 0 saturated carbocycles. The summed E-state index contributed by atoms with van der Waals surface area (Å²) in [6.45, 7) is -1.56. The van der Waals surface area contributed by atoms with Crippen molar-refractivity contribution in [2.75, 3.05) is 23.3 Å². The summed E-state index contributed by atoms with van der Waals surface area (Å²) < 4.78 is 69.9. The fraction of sp³-hybridized carbons (Fsp3) is 0.296. The van der Waals surface area contributed by atoms with Gasteiger partial charge in [-0.05, 0) is 49.2 Å². The van der Waals surface area contributed by atoms with Crippen LogP contribution in [0.2, 0.25) is 0 Å². The number of halogens is 5. The molecule has 2 aromatic carbocycles. The zero-order chi connectivity index (χ0) is 27.3. The molecule has 12 heteroatoms. The molecule has 4 heterocycles. The number of alkyl halides is 5. The summed E-state index contributed by atoms with van der Waals surface area (Å²) in [6.07, 6.45) is -0.884. The molecule has 5 aromatic rings. The molecular formula is C27H24F5N7. The van der Waals surface area contributed by atoms with E-state index < -0.39 is 18.3 Å². The van der Waals surface area contributed by atoms with Gasteiger partial charge < -0.3 is 10.2 Å². The fourth-order valence-corrected chi connectivity index (χ4v) is 5.19. The molecule has 1 fully saturated rings. The van der Waals surface area contributed by atoms with Gasteiger partial charge in [0.1, 0.15) is 5.69 Å². The van der Waals surface area contributed by atoms with E-state index in [0.717, 1.165) is 40.9 Å². The average Bonchev–Trinajstić information content (AvgIpc) is 3.47. The maximum atomic E-state index is 13.9. The van der Waals surface area contributed by atoms with Crippen LogP contribution in [0.4, 0.5) is 33.6 Å². The SMILES string of the molecule is Cn1nc(-c2cncc(C(F)(F)F)c2)c2ccc(NC3CCN(c4nc5ccccc5n4C(F)F)CC3)cc21. The molecule has 1 saturated heterocycles. The van der Waals surface area contributed by atoms with Gasteiger partial charge in [-0.2, -0.15) is 27.1 Å². The van der Waals surface area contributed by atoms with Crippen molar-refractivity contribution < 1.29 is 22.0 Å². The van der Waals surface area contributed by atoms with E-state index in [1.54, 1.807) is 36.0 Å². The number of hydrogen-bond donors (Lipinski definition) is 1. The number of nitrogens with zero attached hydrogens (tertiary/aromatic N) is 6. The summed E-state index contributed by atoms with van der Waals surface area (Å²) in [5.74, 6) is 0.276. The highest BCUT2D eigenvalue weighted by atomic mass is 19.4. The lowest BCUT2D eigenvalue weighted by Crippen LogP contribution is -2.40. The van der Waals surface area contributed by atoms with E-state index >= 15 is 0 Å². The Bertz CT molecular complexity index is 1650. The van der Waals surface area contributed by atoms with Crippen molar-refractivity contribution in [3.8, 4) is 11.3 Å². The maximum Gasteiger partial charge on any atom is 0.417 e. The number of anilines is 2. The minimum atomic E-state index is -4.49. The van der Waals surface area contributed by atoms with E-state index in [2.05, 4.69) is 20.4 Å². The van der Waals surface area contributed by atoms with Crippen LogP contribution in [0.3, 0.4) is 0 Å². The standard InChI is InChI=1S/C27H24F5N7/c1-37-23-13-19(6-7-20(23)24(36-37)16-12-17(15-33-14-16)27(30,31)32)34-18-8-10-38(11-9-18)26-35-21-4-2-3-5-22(21)39(26)25(28)29/h2-7,12-15,18,25,34H,8-11H2,1H3. The van der Waals surface area contributed by atoms with Crippen LogP contribution in [0.15, 0.2) is 60.9 Å². The molecule has 1 aliphatic rings. The topological polar surface area (TPSA) is 63.8 Å². The third-order valence-electron chi connectivity index (χ3n) is 7.11. The Morgan fingerprint density at radius 1 is 0.974 bits per heavy atom. The molecule has 0 amide bonds. The summed E-state index contributed by atoms with van der Waals surface area (Å²) >= 11 is 0. The van der Waals surface area contributed by atoms with Gasteiger partial charge in [0.05, 0.1) is 22.1 Å². The van der Waals surface area contributed by atoms with E-state index in [-0.39, 0.29) is 12.0 Å². The number of fused-ring (bicyclic) bond motifs is 2. The Labute approximate surface area is 219 Å². The molecule has 1 N–H and O–H groups in total. The van der Waals surface area contributed by atoms with Crippen molar-refractivity contribution in [1.29, 1.82) is 0 Å². The predicted molar refractivity (Wildman–Crippen MR) is 139 cm³/mol. The molecular weight excluding hydrogens is 517 g/mol. The molecule has 6 rings (SSSR count). The molecule has 0 radical (unpaired) electrons. The van der Waals surface area contributed by atoms with Crippen molar-refractivity contribution in [1.82, 2.24) is 24.3 Å². The van der Waals surface area contributed by atoms with Crippen molar-refractivity contribution in [3.05, 3.63) is 66.5 Å². The number of aryl methyl sites for hydroxylation is 1. The van der Waals surface area contributed by atoms with Crippen LogP contribution in [0.5, 0.6) is 0 Å². The first-order chi connectivity index (χ1) is 18.7. The number of benzene rings is 2. The average molecular weight is 542 g/mol. The van der Waals surface area contributed by atoms with Crippen LogP contribution < -0.4 is 10.2 Å². The summed E-state index contributed by atoms with van der Waals surface area (Å²) in [6, 6.07) is 13.7. The molecule has 39 heavy (non-hydrogen) atoms. The second-order valence-corrected chi connectivity index (χ2v) is 9.62. The largest absolute Gasteiger partial charge is 0.417 e. The van der Waals surface area contributed by atoms with Gasteiger partial charge in [-0.3, -0.25) is 14.2 Å². The second-order valence-electron chi connectivity index (χ2n) is 9.62. The summed E-state index contributed by atoms with van der Waals surface area (Å²) in [5.41, 5.74) is 2.44. The summed E-state index contributed by atoms with van der Waals surface area (Å²) in [5, 5.41) is 8.68. The van der Waals surface area contributed by atoms with Gasteiger partial charge in [0.15, 0.2) is 0 Å². The van der Waals surface area contributed by atoms with Crippen molar-refractivity contribution in [2.24, 2.45) is 7.05 Å². The molecule has 1 aliphatic heterocycles. The Balaban J connectivity index is 1.19. The highest BCUT2D eigenvalue weighted by Crippen LogP contribution is 2.35. The van der Waals surface area contributed by atoms with Gasteiger partial charge in [0, 0.05) is 55.2 Å². The number of nitrogens with one attached hydrogen (secondary N) is 1. The lowest BCUT2D eigenvalue weighted by Gasteiger charge is -2.33. The minimum absolute atomic E-state index is 0.114. The van der Waals surface area contributed by atoms with Crippen LogP contribution in [0.1, 0.15) is 25.0 Å². The molecule has 202 valence electrons. The van der Waals surface area contributed by atoms with Crippen molar-refractivity contribution >= 4 is 33.6 Å². The number of aromatic nitrogens is 5. The number of pyridine rings is 1. The Morgan fingerprint density at radius 2 is 1.74 bits per heavy atom. The quantitative estimate of drug-likeness (QED) is 0.258. The molecule has 7 nitrogen and oxygen atoms in total. The third kappa shape index (κ3) is 4.64. The molecule has 0 aliphatic carbocycles. The van der Waals surface area contributed by atoms with Gasteiger partial charge >= 0.3 is 12.7 Å². The Morgan fingerprint density at radius 3 is 2.49 bits per heavy atom. The molecule has 3 aromatic heterocycles. The molecule has 0 atom stereocenters. The van der Waals surface area contributed by atoms with Crippen LogP contribution in [0.25, 0.3) is 33.2 Å². The minimum Gasteiger partial charge on any atom is -0.382 e. The smallest absolute Gasteiger partial charge is 0.382 e. The zero-order valence-electron chi connectivity index (χ0n) is 20.8. The highest BCUT2D eigenvalue weighted by Gasteiger charge is 2.31.